The number of carbonyl (C=O) groups is 2. The fourth-order valence-electron chi connectivity index (χ4n) is 5.36. The Hall–Kier alpha value is -3.49. The minimum absolute atomic E-state index is 0.170. The number of carbonyl (C=O) groups excluding carboxylic acids is 2. The summed E-state index contributed by atoms with van der Waals surface area (Å²) in [5, 5.41) is 2.99. The van der Waals surface area contributed by atoms with Crippen LogP contribution in [0.15, 0.2) is 30.6 Å². The van der Waals surface area contributed by atoms with Crippen LogP contribution in [0.25, 0.3) is 11.2 Å². The molecule has 9 nitrogen and oxygen atoms in total. The molecular weight excluding hydrogens is 418 g/mol. The normalized spacial score (nSPS) is 19.4. The van der Waals surface area contributed by atoms with Gasteiger partial charge in [-0.15, -0.1) is 0 Å². The number of hydrogen-bond acceptors (Lipinski definition) is 6. The molecule has 0 atom stereocenters. The number of benzene rings is 1. The number of aryl methyl sites for hydroxylation is 1. The van der Waals surface area contributed by atoms with Gasteiger partial charge in [-0.3, -0.25) is 9.59 Å². The van der Waals surface area contributed by atoms with E-state index < -0.39 is 5.41 Å². The minimum atomic E-state index is -0.480. The number of nitrogens with one attached hydrogen (secondary N) is 1. The second kappa shape index (κ2) is 7.26. The molecule has 9 heteroatoms. The number of rotatable bonds is 4. The largest absolute Gasteiger partial charge is 0.355 e. The minimum Gasteiger partial charge on any atom is -0.355 e. The van der Waals surface area contributed by atoms with E-state index in [0.717, 1.165) is 17.1 Å². The summed E-state index contributed by atoms with van der Waals surface area (Å²) in [6.07, 6.45) is 5.30. The van der Waals surface area contributed by atoms with Crippen molar-refractivity contribution in [3.8, 4) is 0 Å². The number of amides is 2. The van der Waals surface area contributed by atoms with Crippen molar-refractivity contribution in [3.05, 3.63) is 42.0 Å². The Morgan fingerprint density at radius 3 is 2.67 bits per heavy atom. The zero-order valence-corrected chi connectivity index (χ0v) is 18.9. The van der Waals surface area contributed by atoms with Gasteiger partial charge in [-0.1, -0.05) is 18.2 Å². The second-order valence-corrected chi connectivity index (χ2v) is 9.47. The van der Waals surface area contributed by atoms with E-state index >= 15 is 0 Å². The van der Waals surface area contributed by atoms with Gasteiger partial charge in [0.2, 0.25) is 11.7 Å². The van der Waals surface area contributed by atoms with Crippen molar-refractivity contribution in [3.63, 3.8) is 0 Å². The zero-order valence-electron chi connectivity index (χ0n) is 18.9. The molecule has 0 unspecified atom stereocenters. The molecule has 2 amide bonds. The average molecular weight is 446 g/mol. The number of aromatic nitrogens is 4. The van der Waals surface area contributed by atoms with Crippen molar-refractivity contribution >= 4 is 34.5 Å². The summed E-state index contributed by atoms with van der Waals surface area (Å²) in [6.45, 7) is 2.05. The van der Waals surface area contributed by atoms with Crippen LogP contribution in [0, 0.1) is 5.92 Å². The van der Waals surface area contributed by atoms with Gasteiger partial charge in [-0.05, 0) is 43.2 Å². The summed E-state index contributed by atoms with van der Waals surface area (Å²) in [5.74, 6) is 1.66. The number of para-hydroxylation sites is 1. The molecule has 1 saturated heterocycles. The Balaban J connectivity index is 1.28. The Morgan fingerprint density at radius 1 is 1.15 bits per heavy atom. The second-order valence-electron chi connectivity index (χ2n) is 9.47. The van der Waals surface area contributed by atoms with Crippen LogP contribution < -0.4 is 15.1 Å². The lowest BCUT2D eigenvalue weighted by molar-refractivity contribution is -0.123. The van der Waals surface area contributed by atoms with E-state index in [4.69, 9.17) is 0 Å². The third-order valence-corrected chi connectivity index (χ3v) is 7.50. The Kier molecular flexibility index (Phi) is 4.43. The molecule has 6 rings (SSSR count). The predicted octanol–water partition coefficient (Wildman–Crippen LogP) is 2.02. The topological polar surface area (TPSA) is 96.2 Å². The van der Waals surface area contributed by atoms with Gasteiger partial charge in [0.15, 0.2) is 17.0 Å². The summed E-state index contributed by atoms with van der Waals surface area (Å²) in [5.41, 5.74) is 2.91. The lowest BCUT2D eigenvalue weighted by Crippen LogP contribution is -2.48. The van der Waals surface area contributed by atoms with Gasteiger partial charge in [0.25, 0.3) is 5.91 Å². The average Bonchev–Trinajstić information content (AvgIpc) is 3.59. The highest BCUT2D eigenvalue weighted by Gasteiger charge is 2.51. The standard InChI is InChI=1S/C24H27N7O2/c1-29-17-6-4-3-5-16(17)24(23(29)33)9-11-31(12-10-24)20-18-19(26-14-27-20)30(2)21(28-18)22(32)25-13-15-7-8-15/h3-6,14-15H,7-13H2,1-2H3,(H,25,32). The fraction of sp³-hybridized carbons (Fsp3) is 0.458. The Labute approximate surface area is 191 Å². The molecule has 3 aliphatic rings. The van der Waals surface area contributed by atoms with Crippen LogP contribution in [-0.2, 0) is 17.3 Å². The lowest BCUT2D eigenvalue weighted by Gasteiger charge is -2.38. The van der Waals surface area contributed by atoms with Crippen molar-refractivity contribution < 1.29 is 9.59 Å². The van der Waals surface area contributed by atoms with Gasteiger partial charge < -0.3 is 19.7 Å². The molecule has 4 heterocycles. The van der Waals surface area contributed by atoms with E-state index in [2.05, 4.69) is 31.2 Å². The molecule has 2 aromatic heterocycles. The van der Waals surface area contributed by atoms with E-state index in [0.29, 0.717) is 55.4 Å². The third-order valence-electron chi connectivity index (χ3n) is 7.50. The number of fused-ring (bicyclic) bond motifs is 3. The van der Waals surface area contributed by atoms with Crippen LogP contribution in [0.3, 0.4) is 0 Å². The summed E-state index contributed by atoms with van der Waals surface area (Å²) in [6, 6.07) is 8.09. The van der Waals surface area contributed by atoms with Crippen molar-refractivity contribution in [2.45, 2.75) is 31.1 Å². The van der Waals surface area contributed by atoms with Gasteiger partial charge in [-0.2, -0.15) is 0 Å². The molecule has 2 fully saturated rings. The van der Waals surface area contributed by atoms with Crippen molar-refractivity contribution in [2.24, 2.45) is 13.0 Å². The smallest absolute Gasteiger partial charge is 0.287 e. The van der Waals surface area contributed by atoms with Gasteiger partial charge in [-0.25, -0.2) is 15.0 Å². The molecule has 1 saturated carbocycles. The van der Waals surface area contributed by atoms with Crippen molar-refractivity contribution in [1.29, 1.82) is 0 Å². The third kappa shape index (κ3) is 3.02. The lowest BCUT2D eigenvalue weighted by atomic mass is 9.73. The molecule has 1 spiro atoms. The van der Waals surface area contributed by atoms with Crippen LogP contribution in [0.1, 0.15) is 41.9 Å². The summed E-state index contributed by atoms with van der Waals surface area (Å²) < 4.78 is 1.74. The SMILES string of the molecule is CN1C(=O)C2(CCN(c3ncnc4c3nc(C(=O)NCC3CC3)n4C)CC2)c2ccccc21. The first kappa shape index (κ1) is 20.1. The van der Waals surface area contributed by atoms with Gasteiger partial charge in [0.05, 0.1) is 5.41 Å². The molecule has 0 radical (unpaired) electrons. The van der Waals surface area contributed by atoms with Crippen molar-refractivity contribution in [2.75, 3.05) is 36.5 Å². The number of piperidine rings is 1. The fourth-order valence-corrected chi connectivity index (χ4v) is 5.36. The molecule has 1 aliphatic carbocycles. The molecule has 33 heavy (non-hydrogen) atoms. The van der Waals surface area contributed by atoms with Crippen molar-refractivity contribution in [1.82, 2.24) is 24.8 Å². The monoisotopic (exact) mass is 445 g/mol. The summed E-state index contributed by atoms with van der Waals surface area (Å²) in [4.78, 5) is 43.5. The van der Waals surface area contributed by atoms with Gasteiger partial charge >= 0.3 is 0 Å². The Bertz CT molecular complexity index is 1270. The molecule has 1 aromatic carbocycles. The number of likely N-dealkylation sites (N-methyl/N-ethyl adjacent to an activating group) is 1. The van der Waals surface area contributed by atoms with Gasteiger partial charge in [0, 0.05) is 39.4 Å². The summed E-state index contributed by atoms with van der Waals surface area (Å²) >= 11 is 0. The first-order valence-electron chi connectivity index (χ1n) is 11.6. The van der Waals surface area contributed by atoms with E-state index in [-0.39, 0.29) is 11.8 Å². The molecule has 1 N–H and O–H groups in total. The maximum absolute atomic E-state index is 13.3. The highest BCUT2D eigenvalue weighted by atomic mass is 16.2. The highest BCUT2D eigenvalue weighted by Crippen LogP contribution is 2.47. The number of nitrogens with zero attached hydrogens (tertiary/aromatic N) is 6. The van der Waals surface area contributed by atoms with Crippen LogP contribution in [0.4, 0.5) is 11.5 Å². The first-order valence-corrected chi connectivity index (χ1v) is 11.6. The van der Waals surface area contributed by atoms with E-state index in [9.17, 15) is 9.59 Å². The summed E-state index contributed by atoms with van der Waals surface area (Å²) in [7, 11) is 3.67. The van der Waals surface area contributed by atoms with Crippen LogP contribution in [0.2, 0.25) is 0 Å². The van der Waals surface area contributed by atoms with Crippen LogP contribution in [-0.4, -0.2) is 58.0 Å². The molecular formula is C24H27N7O2. The van der Waals surface area contributed by atoms with Crippen LogP contribution >= 0.6 is 0 Å². The van der Waals surface area contributed by atoms with E-state index in [1.54, 1.807) is 9.47 Å². The quantitative estimate of drug-likeness (QED) is 0.660. The Morgan fingerprint density at radius 2 is 1.91 bits per heavy atom. The highest BCUT2D eigenvalue weighted by molar-refractivity contribution is 6.08. The van der Waals surface area contributed by atoms with E-state index in [1.807, 2.05) is 32.3 Å². The molecule has 170 valence electrons. The molecule has 0 bridgehead atoms. The zero-order chi connectivity index (χ0) is 22.7. The van der Waals surface area contributed by atoms with E-state index in [1.165, 1.54) is 19.2 Å². The predicted molar refractivity (Wildman–Crippen MR) is 124 cm³/mol. The molecule has 3 aromatic rings. The maximum atomic E-state index is 13.3. The molecule has 2 aliphatic heterocycles. The van der Waals surface area contributed by atoms with Gasteiger partial charge in [0.1, 0.15) is 6.33 Å². The maximum Gasteiger partial charge on any atom is 0.287 e. The van der Waals surface area contributed by atoms with Crippen LogP contribution in [0.5, 0.6) is 0 Å². The number of imidazole rings is 1. The first-order chi connectivity index (χ1) is 16.0. The number of hydrogen-bond donors (Lipinski definition) is 1. The number of anilines is 2.